The van der Waals surface area contributed by atoms with Crippen molar-refractivity contribution in [1.82, 2.24) is 0 Å². The van der Waals surface area contributed by atoms with Crippen LogP contribution in [0, 0.1) is 0 Å². The molecule has 1 atom stereocenters. The van der Waals surface area contributed by atoms with E-state index in [4.69, 9.17) is 9.47 Å². The predicted octanol–water partition coefficient (Wildman–Crippen LogP) is 7.21. The average molecular weight is 398 g/mol. The Morgan fingerprint density at radius 3 is 2.31 bits per heavy atom. The van der Waals surface area contributed by atoms with Crippen LogP contribution in [0.2, 0.25) is 0 Å². The van der Waals surface area contributed by atoms with Crippen LogP contribution in [0.15, 0.2) is 48.5 Å². The predicted molar refractivity (Wildman–Crippen MR) is 124 cm³/mol. The van der Waals surface area contributed by atoms with Gasteiger partial charge in [-0.1, -0.05) is 71.6 Å². The molecule has 0 aromatic heterocycles. The SMILES string of the molecule is CCCCCCCOc1cccc(NC[C@H](C)Oc2ccc(C(C)(C)C)cc2)c1. The van der Waals surface area contributed by atoms with Crippen LogP contribution >= 0.6 is 0 Å². The Kier molecular flexibility index (Phi) is 9.37. The Morgan fingerprint density at radius 2 is 1.62 bits per heavy atom. The van der Waals surface area contributed by atoms with Crippen molar-refractivity contribution in [2.24, 2.45) is 0 Å². The number of benzene rings is 2. The molecule has 0 aliphatic carbocycles. The first-order valence-corrected chi connectivity index (χ1v) is 11.1. The highest BCUT2D eigenvalue weighted by atomic mass is 16.5. The van der Waals surface area contributed by atoms with E-state index in [0.29, 0.717) is 0 Å². The van der Waals surface area contributed by atoms with E-state index in [0.717, 1.165) is 36.8 Å². The maximum Gasteiger partial charge on any atom is 0.121 e. The van der Waals surface area contributed by atoms with Gasteiger partial charge in [-0.05, 0) is 48.6 Å². The quantitative estimate of drug-likeness (QED) is 0.384. The topological polar surface area (TPSA) is 30.5 Å². The highest BCUT2D eigenvalue weighted by Gasteiger charge is 2.13. The Bertz CT molecular complexity index is 703. The highest BCUT2D eigenvalue weighted by molar-refractivity contribution is 5.48. The Morgan fingerprint density at radius 1 is 0.897 bits per heavy atom. The van der Waals surface area contributed by atoms with Gasteiger partial charge in [0, 0.05) is 11.8 Å². The summed E-state index contributed by atoms with van der Waals surface area (Å²) in [5, 5.41) is 3.45. The van der Waals surface area contributed by atoms with E-state index < -0.39 is 0 Å². The van der Waals surface area contributed by atoms with Crippen molar-refractivity contribution in [2.45, 2.75) is 78.2 Å². The standard InChI is InChI=1S/C26H39NO2/c1-6-7-8-9-10-18-28-25-13-11-12-23(19-25)27-20-21(2)29-24-16-14-22(15-17-24)26(3,4)5/h11-17,19,21,27H,6-10,18,20H2,1-5H3/t21-/m0/s1. The van der Waals surface area contributed by atoms with Crippen LogP contribution in [0.3, 0.4) is 0 Å². The van der Waals surface area contributed by atoms with E-state index in [9.17, 15) is 0 Å². The molecule has 160 valence electrons. The molecule has 0 unspecified atom stereocenters. The zero-order valence-electron chi connectivity index (χ0n) is 19.0. The number of hydrogen-bond acceptors (Lipinski definition) is 3. The monoisotopic (exact) mass is 397 g/mol. The number of ether oxygens (including phenoxy) is 2. The van der Waals surface area contributed by atoms with Gasteiger partial charge in [0.25, 0.3) is 0 Å². The minimum absolute atomic E-state index is 0.0682. The van der Waals surface area contributed by atoms with Gasteiger partial charge in [-0.2, -0.15) is 0 Å². The van der Waals surface area contributed by atoms with Crippen LogP contribution in [0.1, 0.15) is 72.3 Å². The lowest BCUT2D eigenvalue weighted by molar-refractivity contribution is 0.234. The van der Waals surface area contributed by atoms with Gasteiger partial charge in [-0.15, -0.1) is 0 Å². The zero-order valence-corrected chi connectivity index (χ0v) is 19.0. The van der Waals surface area contributed by atoms with E-state index in [1.165, 1.54) is 31.2 Å². The molecule has 2 rings (SSSR count). The molecule has 3 heteroatoms. The van der Waals surface area contributed by atoms with Gasteiger partial charge in [0.05, 0.1) is 13.2 Å². The number of rotatable bonds is 12. The highest BCUT2D eigenvalue weighted by Crippen LogP contribution is 2.25. The first-order valence-electron chi connectivity index (χ1n) is 11.1. The minimum Gasteiger partial charge on any atom is -0.494 e. The summed E-state index contributed by atoms with van der Waals surface area (Å²) in [6.07, 6.45) is 6.34. The lowest BCUT2D eigenvalue weighted by Gasteiger charge is -2.20. The molecule has 0 spiro atoms. The van der Waals surface area contributed by atoms with Gasteiger partial charge in [-0.3, -0.25) is 0 Å². The van der Waals surface area contributed by atoms with Crippen molar-refractivity contribution in [2.75, 3.05) is 18.5 Å². The van der Waals surface area contributed by atoms with E-state index in [-0.39, 0.29) is 11.5 Å². The van der Waals surface area contributed by atoms with Crippen LogP contribution in [0.25, 0.3) is 0 Å². The van der Waals surface area contributed by atoms with Crippen molar-refractivity contribution < 1.29 is 9.47 Å². The second-order valence-corrected chi connectivity index (χ2v) is 8.87. The third-order valence-corrected chi connectivity index (χ3v) is 5.00. The molecule has 29 heavy (non-hydrogen) atoms. The second-order valence-electron chi connectivity index (χ2n) is 8.87. The Balaban J connectivity index is 1.74. The first kappa shape index (κ1) is 23.1. The van der Waals surface area contributed by atoms with Gasteiger partial charge in [0.2, 0.25) is 0 Å². The summed E-state index contributed by atoms with van der Waals surface area (Å²) in [4.78, 5) is 0. The molecule has 0 radical (unpaired) electrons. The maximum atomic E-state index is 6.05. The Labute approximate surface area is 177 Å². The van der Waals surface area contributed by atoms with Crippen LogP contribution in [0.4, 0.5) is 5.69 Å². The second kappa shape index (κ2) is 11.7. The first-order chi connectivity index (χ1) is 13.9. The van der Waals surface area contributed by atoms with E-state index in [2.05, 4.69) is 76.3 Å². The van der Waals surface area contributed by atoms with Crippen LogP contribution in [-0.2, 0) is 5.41 Å². The molecule has 1 N–H and O–H groups in total. The summed E-state index contributed by atoms with van der Waals surface area (Å²) in [6, 6.07) is 16.6. The molecular formula is C26H39NO2. The summed E-state index contributed by atoms with van der Waals surface area (Å²) in [5.74, 6) is 1.84. The molecule has 0 bridgehead atoms. The maximum absolute atomic E-state index is 6.05. The molecule has 0 amide bonds. The smallest absolute Gasteiger partial charge is 0.121 e. The van der Waals surface area contributed by atoms with E-state index in [1.807, 2.05) is 12.1 Å². The molecule has 0 fully saturated rings. The molecule has 0 saturated heterocycles. The van der Waals surface area contributed by atoms with E-state index in [1.54, 1.807) is 0 Å². The van der Waals surface area contributed by atoms with Crippen LogP contribution < -0.4 is 14.8 Å². The molecule has 2 aromatic rings. The third-order valence-electron chi connectivity index (χ3n) is 5.00. The van der Waals surface area contributed by atoms with Crippen molar-refractivity contribution in [3.8, 4) is 11.5 Å². The van der Waals surface area contributed by atoms with Gasteiger partial charge < -0.3 is 14.8 Å². The number of anilines is 1. The van der Waals surface area contributed by atoms with Crippen molar-refractivity contribution in [1.29, 1.82) is 0 Å². The number of hydrogen-bond donors (Lipinski definition) is 1. The van der Waals surface area contributed by atoms with Gasteiger partial charge in [0.1, 0.15) is 17.6 Å². The van der Waals surface area contributed by atoms with Crippen LogP contribution in [0.5, 0.6) is 11.5 Å². The largest absolute Gasteiger partial charge is 0.494 e. The summed E-state index contributed by atoms with van der Waals surface area (Å²) in [5.41, 5.74) is 2.54. The summed E-state index contributed by atoms with van der Waals surface area (Å²) in [7, 11) is 0. The lowest BCUT2D eigenvalue weighted by atomic mass is 9.87. The Hall–Kier alpha value is -2.16. The molecule has 0 aliphatic rings. The van der Waals surface area contributed by atoms with Crippen molar-refractivity contribution >= 4 is 5.69 Å². The number of nitrogens with one attached hydrogen (secondary N) is 1. The zero-order chi connectivity index (χ0) is 21.1. The van der Waals surface area contributed by atoms with Gasteiger partial charge in [0.15, 0.2) is 0 Å². The van der Waals surface area contributed by atoms with Gasteiger partial charge in [-0.25, -0.2) is 0 Å². The molecule has 3 nitrogen and oxygen atoms in total. The van der Waals surface area contributed by atoms with Gasteiger partial charge >= 0.3 is 0 Å². The van der Waals surface area contributed by atoms with Crippen molar-refractivity contribution in [3.05, 3.63) is 54.1 Å². The van der Waals surface area contributed by atoms with E-state index >= 15 is 0 Å². The molecule has 2 aromatic carbocycles. The van der Waals surface area contributed by atoms with Crippen molar-refractivity contribution in [3.63, 3.8) is 0 Å². The number of unbranched alkanes of at least 4 members (excludes halogenated alkanes) is 4. The average Bonchev–Trinajstić information content (AvgIpc) is 2.69. The lowest BCUT2D eigenvalue weighted by Crippen LogP contribution is -2.22. The fourth-order valence-electron chi connectivity index (χ4n) is 3.16. The summed E-state index contributed by atoms with van der Waals surface area (Å²) >= 11 is 0. The molecular weight excluding hydrogens is 358 g/mol. The van der Waals surface area contributed by atoms with Crippen LogP contribution in [-0.4, -0.2) is 19.3 Å². The fraction of sp³-hybridized carbons (Fsp3) is 0.538. The summed E-state index contributed by atoms with van der Waals surface area (Å²) < 4.78 is 11.9. The minimum atomic E-state index is 0.0682. The summed E-state index contributed by atoms with van der Waals surface area (Å²) in [6.45, 7) is 12.5. The third kappa shape index (κ3) is 8.81. The molecule has 0 aliphatic heterocycles. The normalized spacial score (nSPS) is 12.4. The fourth-order valence-corrected chi connectivity index (χ4v) is 3.16. The molecule has 0 heterocycles. The molecule has 0 saturated carbocycles.